The molecular weight excluding hydrogens is 432 g/mol. The molecule has 0 radical (unpaired) electrons. The minimum absolute atomic E-state index is 0.637. The van der Waals surface area contributed by atoms with Crippen molar-refractivity contribution < 1.29 is 0 Å². The summed E-state index contributed by atoms with van der Waals surface area (Å²) in [6.07, 6.45) is 23.4. The summed E-state index contributed by atoms with van der Waals surface area (Å²) in [6, 6.07) is 0. The summed E-state index contributed by atoms with van der Waals surface area (Å²) in [5, 5.41) is 0. The van der Waals surface area contributed by atoms with Crippen LogP contribution in [0.4, 0.5) is 0 Å². The summed E-state index contributed by atoms with van der Waals surface area (Å²) < 4.78 is 0. The second kappa shape index (κ2) is 8.50. The molecule has 0 aromatic heterocycles. The van der Waals surface area contributed by atoms with Gasteiger partial charge in [-0.05, 0) is 139 Å². The van der Waals surface area contributed by atoms with Gasteiger partial charge in [-0.25, -0.2) is 0 Å². The van der Waals surface area contributed by atoms with E-state index in [2.05, 4.69) is 41.5 Å². The van der Waals surface area contributed by atoms with E-state index in [1.165, 1.54) is 25.7 Å². The van der Waals surface area contributed by atoms with Crippen molar-refractivity contribution in [2.45, 2.75) is 138 Å². The molecule has 0 nitrogen and oxygen atoms in total. The molecule has 36 heavy (non-hydrogen) atoms. The second-order valence-electron chi connectivity index (χ2n) is 17.1. The van der Waals surface area contributed by atoms with Gasteiger partial charge in [0.25, 0.3) is 0 Å². The van der Waals surface area contributed by atoms with Gasteiger partial charge in [-0.2, -0.15) is 0 Å². The minimum Gasteiger partial charge on any atom is -0.0651 e. The molecule has 7 fully saturated rings. The van der Waals surface area contributed by atoms with Gasteiger partial charge in [-0.1, -0.05) is 86.5 Å². The predicted octanol–water partition coefficient (Wildman–Crippen LogP) is 10.4. The molecule has 7 saturated carbocycles. The highest BCUT2D eigenvalue weighted by molar-refractivity contribution is 5.20. The van der Waals surface area contributed by atoms with Gasteiger partial charge in [0.05, 0.1) is 0 Å². The van der Waals surface area contributed by atoms with Gasteiger partial charge in [0.2, 0.25) is 0 Å². The van der Waals surface area contributed by atoms with Crippen LogP contribution in [0.15, 0.2) is 0 Å². The van der Waals surface area contributed by atoms with E-state index in [4.69, 9.17) is 0 Å². The Balaban J connectivity index is 1.13. The average molecular weight is 493 g/mol. The number of hydrogen-bond donors (Lipinski definition) is 0. The summed E-state index contributed by atoms with van der Waals surface area (Å²) in [7, 11) is 0. The van der Waals surface area contributed by atoms with E-state index in [0.29, 0.717) is 16.2 Å². The monoisotopic (exact) mass is 492 g/mol. The van der Waals surface area contributed by atoms with Crippen LogP contribution in [-0.4, -0.2) is 0 Å². The zero-order chi connectivity index (χ0) is 25.0. The molecule has 0 N–H and O–H groups in total. The van der Waals surface area contributed by atoms with Crippen molar-refractivity contribution in [2.75, 3.05) is 0 Å². The maximum atomic E-state index is 2.86. The van der Waals surface area contributed by atoms with Crippen molar-refractivity contribution in [1.29, 1.82) is 0 Å². The quantitative estimate of drug-likeness (QED) is 0.316. The van der Waals surface area contributed by atoms with Crippen LogP contribution < -0.4 is 0 Å². The van der Waals surface area contributed by atoms with Crippen molar-refractivity contribution in [1.82, 2.24) is 0 Å². The lowest BCUT2D eigenvalue weighted by Gasteiger charge is -2.65. The third kappa shape index (κ3) is 3.23. The maximum absolute atomic E-state index is 2.86. The minimum atomic E-state index is 0.637. The lowest BCUT2D eigenvalue weighted by atomic mass is 9.39. The largest absolute Gasteiger partial charge is 0.0651 e. The van der Waals surface area contributed by atoms with Gasteiger partial charge < -0.3 is 0 Å². The first-order valence-corrected chi connectivity index (χ1v) is 17.2. The number of rotatable bonds is 8. The Morgan fingerprint density at radius 2 is 1.42 bits per heavy atom. The topological polar surface area (TPSA) is 0 Å². The van der Waals surface area contributed by atoms with E-state index in [1.54, 1.807) is 70.6 Å². The summed E-state index contributed by atoms with van der Waals surface area (Å²) >= 11 is 0. The lowest BCUT2D eigenvalue weighted by molar-refractivity contribution is -0.169. The lowest BCUT2D eigenvalue weighted by Crippen LogP contribution is -2.58. The Morgan fingerprint density at radius 3 is 1.86 bits per heavy atom. The Morgan fingerprint density at radius 1 is 0.750 bits per heavy atom. The highest BCUT2D eigenvalue weighted by atomic mass is 14.8. The fourth-order valence-electron chi connectivity index (χ4n) is 13.2. The predicted molar refractivity (Wildman–Crippen MR) is 152 cm³/mol. The first kappa shape index (κ1) is 25.0. The van der Waals surface area contributed by atoms with Gasteiger partial charge in [-0.3, -0.25) is 0 Å². The summed E-state index contributed by atoms with van der Waals surface area (Å²) in [4.78, 5) is 0. The standard InChI is InChI=1S/C36H60/c1-7-30(33(26-12-9-13-26)31-16-22(31)2)32-14-15-34(32,5)29-20-35(6,36(21-29)23(3)17-24(36)4)28-18-27(19-28)25-10-8-11-25/h22-33H,7-21H2,1-6H3/t22?,23-,24+,27?,28?,29?,30?,31?,32?,33?,34-,35?,36?/m1/s1. The summed E-state index contributed by atoms with van der Waals surface area (Å²) in [5.74, 6) is 12.6. The SMILES string of the molecule is CCC(C(C1CCC1)C1CC1C)C1CC[C@]1(C)C1CC(C)(C2CC(C3CCC3)C2)C2(C1)[C@H](C)C[C@@H]2C. The maximum Gasteiger partial charge on any atom is -0.0186 e. The van der Waals surface area contributed by atoms with Gasteiger partial charge in [0, 0.05) is 0 Å². The van der Waals surface area contributed by atoms with Crippen molar-refractivity contribution in [2.24, 2.45) is 87.3 Å². The van der Waals surface area contributed by atoms with Gasteiger partial charge >= 0.3 is 0 Å². The van der Waals surface area contributed by atoms with Crippen LogP contribution in [0.2, 0.25) is 0 Å². The van der Waals surface area contributed by atoms with Crippen molar-refractivity contribution in [3.05, 3.63) is 0 Å². The Labute approximate surface area is 224 Å². The molecule has 0 aromatic rings. The molecule has 7 rings (SSSR count). The fourth-order valence-corrected chi connectivity index (χ4v) is 13.2. The van der Waals surface area contributed by atoms with Crippen LogP contribution in [0.5, 0.6) is 0 Å². The Hall–Kier alpha value is 0. The summed E-state index contributed by atoms with van der Waals surface area (Å²) in [6.45, 7) is 16.2. The fraction of sp³-hybridized carbons (Fsp3) is 1.00. The molecule has 7 aliphatic carbocycles. The van der Waals surface area contributed by atoms with Gasteiger partial charge in [-0.15, -0.1) is 0 Å². The highest BCUT2D eigenvalue weighted by Gasteiger charge is 2.71. The van der Waals surface area contributed by atoms with E-state index in [-0.39, 0.29) is 0 Å². The van der Waals surface area contributed by atoms with Crippen LogP contribution in [0.25, 0.3) is 0 Å². The third-order valence-electron chi connectivity index (χ3n) is 16.3. The molecule has 0 heteroatoms. The molecule has 0 aromatic carbocycles. The third-order valence-corrected chi connectivity index (χ3v) is 16.3. The Bertz CT molecular complexity index is 814. The molecule has 8 unspecified atom stereocenters. The molecule has 204 valence electrons. The average Bonchev–Trinajstić information content (AvgIpc) is 3.35. The highest BCUT2D eigenvalue weighted by Crippen LogP contribution is 2.79. The van der Waals surface area contributed by atoms with Crippen LogP contribution in [0.3, 0.4) is 0 Å². The van der Waals surface area contributed by atoms with Crippen LogP contribution in [0, 0.1) is 87.3 Å². The molecule has 0 amide bonds. The van der Waals surface area contributed by atoms with Crippen molar-refractivity contribution >= 4 is 0 Å². The van der Waals surface area contributed by atoms with Crippen LogP contribution in [-0.2, 0) is 0 Å². The molecular formula is C36H60. The molecule has 7 aliphatic rings. The normalized spacial score (nSPS) is 56.2. The van der Waals surface area contributed by atoms with Gasteiger partial charge in [0.1, 0.15) is 0 Å². The van der Waals surface area contributed by atoms with E-state index < -0.39 is 0 Å². The number of hydrogen-bond acceptors (Lipinski definition) is 0. The zero-order valence-electron chi connectivity index (χ0n) is 25.0. The zero-order valence-corrected chi connectivity index (χ0v) is 25.0. The molecule has 1 spiro atoms. The molecule has 11 atom stereocenters. The van der Waals surface area contributed by atoms with E-state index in [1.807, 2.05) is 0 Å². The molecule has 0 heterocycles. The smallest absolute Gasteiger partial charge is 0.0186 e. The van der Waals surface area contributed by atoms with Crippen LogP contribution in [0.1, 0.15) is 138 Å². The Kier molecular flexibility index (Phi) is 5.90. The van der Waals surface area contributed by atoms with Crippen LogP contribution >= 0.6 is 0 Å². The summed E-state index contributed by atoms with van der Waals surface area (Å²) in [5.41, 5.74) is 1.96. The molecule has 0 bridgehead atoms. The molecule has 0 saturated heterocycles. The second-order valence-corrected chi connectivity index (χ2v) is 17.1. The first-order valence-electron chi connectivity index (χ1n) is 17.2. The van der Waals surface area contributed by atoms with Crippen molar-refractivity contribution in [3.8, 4) is 0 Å². The van der Waals surface area contributed by atoms with Crippen molar-refractivity contribution in [3.63, 3.8) is 0 Å². The van der Waals surface area contributed by atoms with E-state index in [9.17, 15) is 0 Å². The van der Waals surface area contributed by atoms with E-state index >= 15 is 0 Å². The first-order chi connectivity index (χ1) is 17.2. The molecule has 0 aliphatic heterocycles. The van der Waals surface area contributed by atoms with E-state index in [0.717, 1.165) is 71.0 Å². The van der Waals surface area contributed by atoms with Gasteiger partial charge in [0.15, 0.2) is 0 Å².